The van der Waals surface area contributed by atoms with Gasteiger partial charge in [-0.15, -0.1) is 0 Å². The number of amides is 1. The van der Waals surface area contributed by atoms with Gasteiger partial charge in [0.15, 0.2) is 0 Å². The molecular formula is C18H22N2O2. The van der Waals surface area contributed by atoms with Crippen molar-refractivity contribution in [3.05, 3.63) is 59.4 Å². The van der Waals surface area contributed by atoms with Crippen molar-refractivity contribution < 1.29 is 9.53 Å². The third-order valence-electron chi connectivity index (χ3n) is 3.83. The minimum absolute atomic E-state index is 0.116. The van der Waals surface area contributed by atoms with E-state index in [1.807, 2.05) is 56.1 Å². The van der Waals surface area contributed by atoms with Gasteiger partial charge in [-0.25, -0.2) is 4.79 Å². The first-order valence-electron chi connectivity index (χ1n) is 7.66. The average Bonchev–Trinajstić information content (AvgIpc) is 2.98. The zero-order chi connectivity index (χ0) is 15.7. The number of carbonyl (C=O) groups excluding carboxylic acids is 1. The van der Waals surface area contributed by atoms with Crippen LogP contribution in [0.2, 0.25) is 0 Å². The number of aromatic amines is 1. The number of fused-ring (bicyclic) bond motifs is 1. The van der Waals surface area contributed by atoms with E-state index >= 15 is 0 Å². The van der Waals surface area contributed by atoms with E-state index in [-0.39, 0.29) is 12.1 Å². The maximum Gasteiger partial charge on any atom is 0.411 e. The fourth-order valence-electron chi connectivity index (χ4n) is 2.93. The topological polar surface area (TPSA) is 45.3 Å². The lowest BCUT2D eigenvalue weighted by molar-refractivity contribution is 0.0175. The molecule has 2 aromatic rings. The van der Waals surface area contributed by atoms with Gasteiger partial charge in [0.05, 0.1) is 0 Å². The molecule has 0 saturated carbocycles. The Balaban J connectivity index is 1.98. The number of nitrogens with one attached hydrogen (secondary N) is 1. The monoisotopic (exact) mass is 298 g/mol. The molecule has 1 aromatic heterocycles. The number of hydrogen-bond donors (Lipinski definition) is 1. The molecule has 0 bridgehead atoms. The van der Waals surface area contributed by atoms with Crippen molar-refractivity contribution in [2.24, 2.45) is 0 Å². The zero-order valence-corrected chi connectivity index (χ0v) is 13.3. The lowest BCUT2D eigenvalue weighted by atomic mass is 9.91. The highest BCUT2D eigenvalue weighted by Gasteiger charge is 2.34. The van der Waals surface area contributed by atoms with Gasteiger partial charge < -0.3 is 9.72 Å². The van der Waals surface area contributed by atoms with E-state index in [1.165, 1.54) is 11.1 Å². The normalized spacial score (nSPS) is 18.0. The van der Waals surface area contributed by atoms with Gasteiger partial charge in [0.25, 0.3) is 0 Å². The van der Waals surface area contributed by atoms with Crippen LogP contribution in [-0.4, -0.2) is 28.1 Å². The van der Waals surface area contributed by atoms with E-state index in [9.17, 15) is 4.79 Å². The van der Waals surface area contributed by atoms with E-state index in [0.717, 1.165) is 12.1 Å². The first kappa shape index (κ1) is 14.7. The summed E-state index contributed by atoms with van der Waals surface area (Å²) < 4.78 is 5.59. The Labute approximate surface area is 131 Å². The van der Waals surface area contributed by atoms with Crippen molar-refractivity contribution >= 4 is 6.09 Å². The summed E-state index contributed by atoms with van der Waals surface area (Å²) in [7, 11) is 0. The summed E-state index contributed by atoms with van der Waals surface area (Å²) in [6.07, 6.45) is 2.48. The van der Waals surface area contributed by atoms with Crippen LogP contribution in [0.4, 0.5) is 4.79 Å². The smallest absolute Gasteiger partial charge is 0.411 e. The Kier molecular flexibility index (Phi) is 3.69. The molecule has 3 rings (SSSR count). The fourth-order valence-corrected chi connectivity index (χ4v) is 2.93. The molecule has 0 saturated heterocycles. The van der Waals surface area contributed by atoms with Crippen molar-refractivity contribution in [1.82, 2.24) is 9.88 Å². The van der Waals surface area contributed by atoms with Crippen LogP contribution >= 0.6 is 0 Å². The molecule has 2 heterocycles. The molecule has 1 aliphatic rings. The molecule has 0 aliphatic carbocycles. The molecule has 4 nitrogen and oxygen atoms in total. The second-order valence-electron chi connectivity index (χ2n) is 6.65. The predicted octanol–water partition coefficient (Wildman–Crippen LogP) is 3.90. The van der Waals surface area contributed by atoms with Crippen LogP contribution in [0.25, 0.3) is 0 Å². The number of rotatable bonds is 1. The summed E-state index contributed by atoms with van der Waals surface area (Å²) in [5.74, 6) is 0. The molecule has 1 aliphatic heterocycles. The fraction of sp³-hybridized carbons (Fsp3) is 0.389. The standard InChI is InChI=1S/C18H22N2O2/c1-18(2,3)22-17(21)20-12-10-13-7-4-5-8-14(13)16(20)15-9-6-11-19-15/h4-9,11,16,19H,10,12H2,1-3H3. The Morgan fingerprint density at radius 3 is 2.68 bits per heavy atom. The summed E-state index contributed by atoms with van der Waals surface area (Å²) in [6, 6.07) is 12.2. The molecule has 0 radical (unpaired) electrons. The molecular weight excluding hydrogens is 276 g/mol. The second-order valence-corrected chi connectivity index (χ2v) is 6.65. The van der Waals surface area contributed by atoms with E-state index in [0.29, 0.717) is 6.54 Å². The zero-order valence-electron chi connectivity index (χ0n) is 13.3. The van der Waals surface area contributed by atoms with Gasteiger partial charge >= 0.3 is 6.09 Å². The molecule has 1 amide bonds. The van der Waals surface area contributed by atoms with E-state index in [1.54, 1.807) is 0 Å². The van der Waals surface area contributed by atoms with Crippen LogP contribution < -0.4 is 0 Å². The minimum atomic E-state index is -0.492. The van der Waals surface area contributed by atoms with Crippen LogP contribution in [0.3, 0.4) is 0 Å². The van der Waals surface area contributed by atoms with Crippen LogP contribution in [0.1, 0.15) is 43.6 Å². The average molecular weight is 298 g/mol. The van der Waals surface area contributed by atoms with Gasteiger partial charge in [0.2, 0.25) is 0 Å². The van der Waals surface area contributed by atoms with Gasteiger partial charge in [-0.1, -0.05) is 24.3 Å². The molecule has 116 valence electrons. The summed E-state index contributed by atoms with van der Waals surface area (Å²) >= 11 is 0. The molecule has 0 spiro atoms. The molecule has 22 heavy (non-hydrogen) atoms. The summed E-state index contributed by atoms with van der Waals surface area (Å²) in [4.78, 5) is 17.7. The quantitative estimate of drug-likeness (QED) is 0.868. The van der Waals surface area contributed by atoms with E-state index < -0.39 is 5.60 Å². The van der Waals surface area contributed by atoms with Crippen LogP contribution in [-0.2, 0) is 11.2 Å². The number of H-pyrrole nitrogens is 1. The third kappa shape index (κ3) is 2.86. The lowest BCUT2D eigenvalue weighted by Crippen LogP contribution is -2.43. The predicted molar refractivity (Wildman–Crippen MR) is 85.7 cm³/mol. The Bertz CT molecular complexity index is 656. The van der Waals surface area contributed by atoms with E-state index in [4.69, 9.17) is 4.74 Å². The van der Waals surface area contributed by atoms with Gasteiger partial charge in [0.1, 0.15) is 11.6 Å². The van der Waals surface area contributed by atoms with Crippen LogP contribution in [0, 0.1) is 0 Å². The summed E-state index contributed by atoms with van der Waals surface area (Å²) in [6.45, 7) is 6.35. The molecule has 4 heteroatoms. The number of carbonyl (C=O) groups is 1. The van der Waals surface area contributed by atoms with Crippen molar-refractivity contribution in [2.75, 3.05) is 6.54 Å². The number of ether oxygens (including phenoxy) is 1. The Morgan fingerprint density at radius 1 is 1.23 bits per heavy atom. The van der Waals surface area contributed by atoms with Crippen LogP contribution in [0.15, 0.2) is 42.6 Å². The van der Waals surface area contributed by atoms with Crippen molar-refractivity contribution in [3.8, 4) is 0 Å². The van der Waals surface area contributed by atoms with Gasteiger partial charge in [0, 0.05) is 18.4 Å². The van der Waals surface area contributed by atoms with Crippen molar-refractivity contribution in [1.29, 1.82) is 0 Å². The Hall–Kier alpha value is -2.23. The molecule has 1 N–H and O–H groups in total. The maximum absolute atomic E-state index is 12.6. The highest BCUT2D eigenvalue weighted by Crippen LogP contribution is 2.35. The first-order chi connectivity index (χ1) is 10.5. The van der Waals surface area contributed by atoms with Crippen LogP contribution in [0.5, 0.6) is 0 Å². The lowest BCUT2D eigenvalue weighted by Gasteiger charge is -2.37. The largest absolute Gasteiger partial charge is 0.444 e. The first-order valence-corrected chi connectivity index (χ1v) is 7.66. The SMILES string of the molecule is CC(C)(C)OC(=O)N1CCc2ccccc2C1c1ccc[nH]1. The van der Waals surface area contributed by atoms with E-state index in [2.05, 4.69) is 17.1 Å². The number of hydrogen-bond acceptors (Lipinski definition) is 2. The summed E-state index contributed by atoms with van der Waals surface area (Å²) in [5.41, 5.74) is 2.98. The molecule has 1 unspecified atom stereocenters. The van der Waals surface area contributed by atoms with Crippen molar-refractivity contribution in [3.63, 3.8) is 0 Å². The highest BCUT2D eigenvalue weighted by molar-refractivity contribution is 5.70. The van der Waals surface area contributed by atoms with Gasteiger partial charge in [-0.3, -0.25) is 4.90 Å². The third-order valence-corrected chi connectivity index (χ3v) is 3.83. The minimum Gasteiger partial charge on any atom is -0.444 e. The number of nitrogens with zero attached hydrogens (tertiary/aromatic N) is 1. The number of benzene rings is 1. The Morgan fingerprint density at radius 2 is 2.00 bits per heavy atom. The highest BCUT2D eigenvalue weighted by atomic mass is 16.6. The number of aromatic nitrogens is 1. The van der Waals surface area contributed by atoms with Gasteiger partial charge in [-0.05, 0) is 50.5 Å². The van der Waals surface area contributed by atoms with Crippen molar-refractivity contribution in [2.45, 2.75) is 38.8 Å². The molecule has 1 atom stereocenters. The molecule has 1 aromatic carbocycles. The van der Waals surface area contributed by atoms with Gasteiger partial charge in [-0.2, -0.15) is 0 Å². The summed E-state index contributed by atoms with van der Waals surface area (Å²) in [5, 5.41) is 0. The molecule has 0 fully saturated rings. The maximum atomic E-state index is 12.6. The second kappa shape index (κ2) is 5.52.